The van der Waals surface area contributed by atoms with E-state index < -0.39 is 34.3 Å². The van der Waals surface area contributed by atoms with Gasteiger partial charge in [0.15, 0.2) is 5.96 Å². The van der Waals surface area contributed by atoms with Crippen molar-refractivity contribution in [3.05, 3.63) is 89.8 Å². The van der Waals surface area contributed by atoms with Crippen LogP contribution in [-0.2, 0) is 41.5 Å². The number of nitrogens with zero attached hydrogens (tertiary/aromatic N) is 4. The smallest absolute Gasteiger partial charge is 0.296 e. The quantitative estimate of drug-likeness (QED) is 0.0263. The zero-order valence-corrected chi connectivity index (χ0v) is 29.5. The number of alkyl halides is 1. The van der Waals surface area contributed by atoms with Crippen LogP contribution in [-0.4, -0.2) is 78.0 Å². The van der Waals surface area contributed by atoms with Gasteiger partial charge in [0.25, 0.3) is 23.6 Å². The number of carbonyl (C=O) groups excluding carboxylic acids is 5. The molecule has 1 atom stereocenters. The lowest BCUT2D eigenvalue weighted by molar-refractivity contribution is -0.131. The number of carbonyl (C=O) groups is 5. The summed E-state index contributed by atoms with van der Waals surface area (Å²) >= 11 is 5.64. The minimum Gasteiger partial charge on any atom is -0.370 e. The number of amides is 4. The molecule has 0 saturated heterocycles. The van der Waals surface area contributed by atoms with Crippen molar-refractivity contribution in [1.82, 2.24) is 19.0 Å². The predicted octanol–water partition coefficient (Wildman–Crippen LogP) is 1.78. The van der Waals surface area contributed by atoms with Crippen LogP contribution in [0.15, 0.2) is 77.0 Å². The Morgan fingerprint density at radius 1 is 0.784 bits per heavy atom. The van der Waals surface area contributed by atoms with Crippen molar-refractivity contribution in [2.75, 3.05) is 40.7 Å². The number of aryl methyl sites for hydroxylation is 3. The molecule has 16 nitrogen and oxygen atoms in total. The minimum atomic E-state index is -1.21. The number of nitrogens with one attached hydrogen (secondary N) is 4. The van der Waals surface area contributed by atoms with E-state index in [0.717, 1.165) is 6.08 Å². The summed E-state index contributed by atoms with van der Waals surface area (Å²) in [5.74, 6) is -2.59. The molecule has 268 valence electrons. The van der Waals surface area contributed by atoms with Gasteiger partial charge in [-0.1, -0.05) is 18.2 Å². The van der Waals surface area contributed by atoms with Crippen LogP contribution in [0.3, 0.4) is 0 Å². The van der Waals surface area contributed by atoms with Gasteiger partial charge >= 0.3 is 0 Å². The Kier molecular flexibility index (Phi) is 12.7. The molecule has 0 radical (unpaired) electrons. The summed E-state index contributed by atoms with van der Waals surface area (Å²) < 4.78 is 16.6. The van der Waals surface area contributed by atoms with E-state index in [1.54, 1.807) is 62.4 Å². The molecule has 1 aromatic carbocycles. The molecule has 0 fully saturated rings. The second-order valence-electron chi connectivity index (χ2n) is 11.1. The van der Waals surface area contributed by atoms with Crippen LogP contribution in [0, 0.1) is 0 Å². The molecule has 18 heteroatoms. The van der Waals surface area contributed by atoms with Gasteiger partial charge in [-0.05, 0) is 42.0 Å². The molecule has 1 unspecified atom stereocenters. The molecule has 8 N–H and O–H groups in total. The monoisotopic (exact) mass is 736 g/mol. The average molecular weight is 737 g/mol. The molecule has 0 saturated carbocycles. The van der Waals surface area contributed by atoms with E-state index in [2.05, 4.69) is 26.3 Å². The van der Waals surface area contributed by atoms with Crippen molar-refractivity contribution in [2.24, 2.45) is 37.6 Å². The Labute approximate surface area is 300 Å². The van der Waals surface area contributed by atoms with Gasteiger partial charge in [-0.3, -0.25) is 33.2 Å². The number of halogens is 1. The molecular weight excluding hydrogens is 700 g/mol. The van der Waals surface area contributed by atoms with Crippen LogP contribution in [0.2, 0.25) is 0 Å². The van der Waals surface area contributed by atoms with Gasteiger partial charge in [0, 0.05) is 62.8 Å². The number of hydrogen-bond donors (Lipinski definition) is 6. The average Bonchev–Trinajstić information content (AvgIpc) is 3.76. The van der Waals surface area contributed by atoms with Crippen LogP contribution in [0.1, 0.15) is 37.0 Å². The molecule has 51 heavy (non-hydrogen) atoms. The van der Waals surface area contributed by atoms with E-state index in [4.69, 9.17) is 23.1 Å². The van der Waals surface area contributed by atoms with E-state index in [0.29, 0.717) is 33.3 Å². The summed E-state index contributed by atoms with van der Waals surface area (Å²) in [4.78, 5) is 68.2. The number of anilines is 3. The summed E-state index contributed by atoms with van der Waals surface area (Å²) in [6.45, 7) is 0.437. The van der Waals surface area contributed by atoms with E-state index in [1.807, 2.05) is 0 Å². The molecule has 4 rings (SSSR count). The molecule has 0 bridgehead atoms. The third kappa shape index (κ3) is 10.3. The normalized spacial score (nSPS) is 11.5. The zero-order chi connectivity index (χ0) is 37.2. The fourth-order valence-corrected chi connectivity index (χ4v) is 6.01. The van der Waals surface area contributed by atoms with Crippen molar-refractivity contribution >= 4 is 80.9 Å². The van der Waals surface area contributed by atoms with Crippen molar-refractivity contribution < 1.29 is 28.2 Å². The number of rotatable bonds is 15. The molecular formula is C33H37ClN10O6S. The van der Waals surface area contributed by atoms with E-state index in [1.165, 1.54) is 39.6 Å². The van der Waals surface area contributed by atoms with Crippen LogP contribution >= 0.6 is 11.6 Å². The summed E-state index contributed by atoms with van der Waals surface area (Å²) in [6, 6.07) is 11.1. The van der Waals surface area contributed by atoms with Crippen molar-refractivity contribution in [3.8, 4) is 0 Å². The zero-order valence-electron chi connectivity index (χ0n) is 27.9. The number of benzene rings is 1. The molecule has 0 aliphatic carbocycles. The minimum absolute atomic E-state index is 0.0777. The van der Waals surface area contributed by atoms with Gasteiger partial charge in [-0.2, -0.15) is 0 Å². The van der Waals surface area contributed by atoms with Crippen molar-refractivity contribution in [1.29, 1.82) is 0 Å². The first-order chi connectivity index (χ1) is 24.2. The molecule has 3 aromatic heterocycles. The first kappa shape index (κ1) is 37.9. The Morgan fingerprint density at radius 2 is 1.27 bits per heavy atom. The Hall–Kier alpha value is -5.94. The largest absolute Gasteiger partial charge is 0.370 e. The Bertz CT molecular complexity index is 2040. The third-order valence-corrected chi connectivity index (χ3v) is 9.02. The van der Waals surface area contributed by atoms with Crippen LogP contribution < -0.4 is 32.7 Å². The maximum Gasteiger partial charge on any atom is 0.296 e. The summed E-state index contributed by atoms with van der Waals surface area (Å²) in [5.41, 5.74) is 12.8. The number of nitrogens with two attached hydrogens (primary N) is 2. The number of ketones is 1. The molecule has 0 aliphatic heterocycles. The van der Waals surface area contributed by atoms with Gasteiger partial charge in [-0.25, -0.2) is 0 Å². The summed E-state index contributed by atoms with van der Waals surface area (Å²) in [5, 5.41) is 10.6. The van der Waals surface area contributed by atoms with Crippen LogP contribution in [0.4, 0.5) is 17.1 Å². The van der Waals surface area contributed by atoms with Gasteiger partial charge in [-0.15, -0.1) is 11.6 Å². The highest BCUT2D eigenvalue weighted by Gasteiger charge is 2.19. The molecule has 0 aliphatic rings. The van der Waals surface area contributed by atoms with E-state index in [-0.39, 0.29) is 47.9 Å². The van der Waals surface area contributed by atoms with Gasteiger partial charge in [0.1, 0.15) is 17.1 Å². The third-order valence-electron chi connectivity index (χ3n) is 7.23. The van der Waals surface area contributed by atoms with Gasteiger partial charge < -0.3 is 46.4 Å². The Morgan fingerprint density at radius 3 is 1.76 bits per heavy atom. The number of aliphatic imine (C=N–C) groups is 1. The van der Waals surface area contributed by atoms with Crippen molar-refractivity contribution in [3.63, 3.8) is 0 Å². The molecule has 3 heterocycles. The van der Waals surface area contributed by atoms with Crippen LogP contribution in [0.25, 0.3) is 6.08 Å². The maximum atomic E-state index is 13.1. The Balaban J connectivity index is 1.33. The predicted molar refractivity (Wildman–Crippen MR) is 196 cm³/mol. The summed E-state index contributed by atoms with van der Waals surface area (Å²) in [7, 11) is 3.67. The second kappa shape index (κ2) is 17.1. The second-order valence-corrected chi connectivity index (χ2v) is 13.1. The standard InChI is InChI=1S/C33H37ClN10O6S/c1-42-17-21(14-25(42)29(46)37-11-12-38-33(35)36)39-30(47)26-15-22(18-43(26)2)40-31(48)27-16-23(19-44(27)3)41-32(49)28(45)9-6-20-4-7-24(8-5-20)51(50)13-10-34/h4-9,14-19H,10-13H2,1-3H3,(H,37,46)(H,39,47)(H,40,48)(H,41,49)(H4,35,36,38)/b9-6+. The fourth-order valence-electron chi connectivity index (χ4n) is 4.77. The summed E-state index contributed by atoms with van der Waals surface area (Å²) in [6.07, 6.45) is 7.19. The lowest BCUT2D eigenvalue weighted by Gasteiger charge is -2.04. The highest BCUT2D eigenvalue weighted by Crippen LogP contribution is 2.20. The molecule has 4 aromatic rings. The number of guanidine groups is 1. The SMILES string of the molecule is Cn1cc(NC(=O)c2cc(NC(=O)c3cc(NC(=O)C(=O)/C=C/c4ccc(S(=O)CCCl)cc4)cn3C)cn2C)cc1C(=O)NCCN=C(N)N. The lowest BCUT2D eigenvalue weighted by Crippen LogP contribution is -2.29. The maximum absolute atomic E-state index is 13.1. The van der Waals surface area contributed by atoms with E-state index in [9.17, 15) is 28.2 Å². The topological polar surface area (TPSA) is 230 Å². The van der Waals surface area contributed by atoms with E-state index >= 15 is 0 Å². The first-order valence-electron chi connectivity index (χ1n) is 15.3. The number of aromatic nitrogens is 3. The molecule has 0 spiro atoms. The highest BCUT2D eigenvalue weighted by molar-refractivity contribution is 7.85. The van der Waals surface area contributed by atoms with Gasteiger partial charge in [0.2, 0.25) is 5.78 Å². The lowest BCUT2D eigenvalue weighted by atomic mass is 10.2. The molecule has 4 amide bonds. The van der Waals surface area contributed by atoms with Gasteiger partial charge in [0.05, 0.1) is 34.4 Å². The number of hydrogen-bond acceptors (Lipinski definition) is 7. The first-order valence-corrected chi connectivity index (χ1v) is 17.1. The highest BCUT2D eigenvalue weighted by atomic mass is 35.5. The van der Waals surface area contributed by atoms with Crippen molar-refractivity contribution in [2.45, 2.75) is 4.90 Å². The van der Waals surface area contributed by atoms with Crippen LogP contribution in [0.5, 0.6) is 0 Å². The fraction of sp³-hybridized carbons (Fsp3) is 0.212.